The molecule has 0 amide bonds. The van der Waals surface area contributed by atoms with Gasteiger partial charge in [0.25, 0.3) is 0 Å². The van der Waals surface area contributed by atoms with Crippen LogP contribution in [-0.4, -0.2) is 4.98 Å². The topological polar surface area (TPSA) is 38.9 Å². The fourth-order valence-electron chi connectivity index (χ4n) is 2.30. The van der Waals surface area contributed by atoms with Crippen LogP contribution in [0.2, 0.25) is 0 Å². The molecule has 106 valence electrons. The number of fused-ring (bicyclic) bond motifs is 1. The van der Waals surface area contributed by atoms with Crippen molar-refractivity contribution in [1.29, 1.82) is 0 Å². The van der Waals surface area contributed by atoms with Gasteiger partial charge in [0.15, 0.2) is 17.5 Å². The number of rotatable bonds is 1. The van der Waals surface area contributed by atoms with Gasteiger partial charge < -0.3 is 5.73 Å². The van der Waals surface area contributed by atoms with Crippen molar-refractivity contribution in [3.05, 3.63) is 59.4 Å². The molecule has 0 saturated heterocycles. The van der Waals surface area contributed by atoms with Gasteiger partial charge in [-0.2, -0.15) is 0 Å². The van der Waals surface area contributed by atoms with Crippen LogP contribution in [0.4, 0.5) is 18.9 Å². The maximum atomic E-state index is 13.9. The molecule has 3 rings (SSSR count). The van der Waals surface area contributed by atoms with Crippen molar-refractivity contribution in [3.63, 3.8) is 0 Å². The molecule has 1 aromatic heterocycles. The summed E-state index contributed by atoms with van der Waals surface area (Å²) >= 11 is 0. The van der Waals surface area contributed by atoms with Crippen molar-refractivity contribution >= 4 is 16.6 Å². The number of nitrogens with two attached hydrogens (primary N) is 1. The maximum absolute atomic E-state index is 13.9. The van der Waals surface area contributed by atoms with E-state index < -0.39 is 17.5 Å². The number of nitrogens with zero attached hydrogens (tertiary/aromatic N) is 1. The molecule has 0 fully saturated rings. The zero-order valence-corrected chi connectivity index (χ0v) is 11.1. The third-order valence-corrected chi connectivity index (χ3v) is 3.46. The van der Waals surface area contributed by atoms with Gasteiger partial charge in [-0.3, -0.25) is 0 Å². The number of anilines is 1. The van der Waals surface area contributed by atoms with Crippen LogP contribution in [0.25, 0.3) is 22.2 Å². The van der Waals surface area contributed by atoms with E-state index in [1.54, 1.807) is 31.2 Å². The minimum atomic E-state index is -1.54. The molecule has 2 aromatic carbocycles. The van der Waals surface area contributed by atoms with E-state index in [1.165, 1.54) is 0 Å². The van der Waals surface area contributed by atoms with Crippen LogP contribution in [-0.2, 0) is 0 Å². The predicted molar refractivity (Wildman–Crippen MR) is 76.2 cm³/mol. The largest absolute Gasteiger partial charge is 0.398 e. The molecule has 5 heteroatoms. The maximum Gasteiger partial charge on any atom is 0.196 e. The number of benzene rings is 2. The summed E-state index contributed by atoms with van der Waals surface area (Å²) < 4.78 is 40.7. The van der Waals surface area contributed by atoms with Crippen LogP contribution >= 0.6 is 0 Å². The quantitative estimate of drug-likeness (QED) is 0.681. The van der Waals surface area contributed by atoms with Crippen LogP contribution in [0, 0.1) is 24.4 Å². The molecule has 0 radical (unpaired) electrons. The summed E-state index contributed by atoms with van der Waals surface area (Å²) in [6, 6.07) is 9.89. The SMILES string of the molecule is Cc1c(-c2ccccc2)nc2c(F)c(F)c(F)cc2c1N. The van der Waals surface area contributed by atoms with E-state index in [2.05, 4.69) is 4.98 Å². The highest BCUT2D eigenvalue weighted by Crippen LogP contribution is 2.33. The molecule has 0 atom stereocenters. The molecule has 2 N–H and O–H groups in total. The lowest BCUT2D eigenvalue weighted by atomic mass is 10.0. The van der Waals surface area contributed by atoms with E-state index in [-0.39, 0.29) is 16.6 Å². The Balaban J connectivity index is 2.42. The first-order valence-electron chi connectivity index (χ1n) is 6.29. The molecule has 0 aliphatic carbocycles. The number of hydrogen-bond donors (Lipinski definition) is 1. The summed E-state index contributed by atoms with van der Waals surface area (Å²) in [5.41, 5.74) is 7.65. The number of aromatic nitrogens is 1. The average Bonchev–Trinajstić information content (AvgIpc) is 2.50. The highest BCUT2D eigenvalue weighted by molar-refractivity contribution is 5.95. The zero-order valence-electron chi connectivity index (χ0n) is 11.1. The Morgan fingerprint density at radius 1 is 1.00 bits per heavy atom. The van der Waals surface area contributed by atoms with Crippen molar-refractivity contribution in [1.82, 2.24) is 4.98 Å². The molecular weight excluding hydrogens is 277 g/mol. The number of hydrogen-bond acceptors (Lipinski definition) is 2. The lowest BCUT2D eigenvalue weighted by molar-refractivity contribution is 0.452. The first kappa shape index (κ1) is 13.4. The van der Waals surface area contributed by atoms with E-state index in [0.29, 0.717) is 11.3 Å². The summed E-state index contributed by atoms with van der Waals surface area (Å²) in [7, 11) is 0. The second-order valence-corrected chi connectivity index (χ2v) is 4.75. The summed E-state index contributed by atoms with van der Waals surface area (Å²) in [5, 5.41) is 0.0728. The van der Waals surface area contributed by atoms with E-state index in [0.717, 1.165) is 11.6 Å². The predicted octanol–water partition coefficient (Wildman–Crippen LogP) is 4.21. The highest BCUT2D eigenvalue weighted by atomic mass is 19.2. The van der Waals surface area contributed by atoms with Gasteiger partial charge in [-0.25, -0.2) is 18.2 Å². The summed E-state index contributed by atoms with van der Waals surface area (Å²) in [6.07, 6.45) is 0. The smallest absolute Gasteiger partial charge is 0.196 e. The van der Waals surface area contributed by atoms with E-state index in [4.69, 9.17) is 5.73 Å². The van der Waals surface area contributed by atoms with E-state index in [9.17, 15) is 13.2 Å². The number of pyridine rings is 1. The standard InChI is InChI=1S/C16H11F3N2/c1-8-14(20)10-7-11(17)12(18)13(19)16(10)21-15(8)9-5-3-2-4-6-9/h2-7H,1H3,(H2,20,21). The van der Waals surface area contributed by atoms with Gasteiger partial charge in [0.05, 0.1) is 5.69 Å². The lowest BCUT2D eigenvalue weighted by Gasteiger charge is -2.12. The van der Waals surface area contributed by atoms with Gasteiger partial charge in [-0.1, -0.05) is 30.3 Å². The van der Waals surface area contributed by atoms with Crippen molar-refractivity contribution < 1.29 is 13.2 Å². The van der Waals surface area contributed by atoms with E-state index in [1.807, 2.05) is 6.07 Å². The average molecular weight is 288 g/mol. The molecular formula is C16H11F3N2. The minimum Gasteiger partial charge on any atom is -0.398 e. The van der Waals surface area contributed by atoms with Crippen molar-refractivity contribution in [3.8, 4) is 11.3 Å². The normalized spacial score (nSPS) is 11.0. The molecule has 0 spiro atoms. The second kappa shape index (κ2) is 4.77. The Labute approximate surface area is 119 Å². The van der Waals surface area contributed by atoms with Gasteiger partial charge in [0, 0.05) is 16.6 Å². The fraction of sp³-hybridized carbons (Fsp3) is 0.0625. The summed E-state index contributed by atoms with van der Waals surface area (Å²) in [6.45, 7) is 1.71. The van der Waals surface area contributed by atoms with Crippen LogP contribution < -0.4 is 5.73 Å². The molecule has 0 saturated carbocycles. The molecule has 0 aliphatic heterocycles. The first-order valence-corrected chi connectivity index (χ1v) is 6.29. The number of halogens is 3. The minimum absolute atomic E-state index is 0.0728. The number of nitrogen functional groups attached to an aromatic ring is 1. The third-order valence-electron chi connectivity index (χ3n) is 3.46. The molecule has 3 aromatic rings. The zero-order chi connectivity index (χ0) is 15.1. The Hall–Kier alpha value is -2.56. The van der Waals surface area contributed by atoms with Gasteiger partial charge in [-0.15, -0.1) is 0 Å². The highest BCUT2D eigenvalue weighted by Gasteiger charge is 2.19. The second-order valence-electron chi connectivity index (χ2n) is 4.75. The monoisotopic (exact) mass is 288 g/mol. The molecule has 0 aliphatic rings. The Morgan fingerprint density at radius 3 is 2.33 bits per heavy atom. The van der Waals surface area contributed by atoms with Crippen LogP contribution in [0.15, 0.2) is 36.4 Å². The third kappa shape index (κ3) is 2.01. The molecule has 1 heterocycles. The molecule has 21 heavy (non-hydrogen) atoms. The molecule has 2 nitrogen and oxygen atoms in total. The van der Waals surface area contributed by atoms with E-state index >= 15 is 0 Å². The van der Waals surface area contributed by atoms with Gasteiger partial charge in [0.2, 0.25) is 0 Å². The lowest BCUT2D eigenvalue weighted by Crippen LogP contribution is -2.02. The molecule has 0 unspecified atom stereocenters. The van der Waals surface area contributed by atoms with Crippen LogP contribution in [0.3, 0.4) is 0 Å². The Morgan fingerprint density at radius 2 is 1.67 bits per heavy atom. The Bertz CT molecular complexity index is 846. The van der Waals surface area contributed by atoms with Crippen LogP contribution in [0.5, 0.6) is 0 Å². The van der Waals surface area contributed by atoms with Crippen molar-refractivity contribution in [2.24, 2.45) is 0 Å². The van der Waals surface area contributed by atoms with Gasteiger partial charge in [0.1, 0.15) is 5.52 Å². The summed E-state index contributed by atoms with van der Waals surface area (Å²) in [5.74, 6) is -4.15. The first-order chi connectivity index (χ1) is 10.0. The van der Waals surface area contributed by atoms with Gasteiger partial charge >= 0.3 is 0 Å². The van der Waals surface area contributed by atoms with Crippen molar-refractivity contribution in [2.75, 3.05) is 5.73 Å². The van der Waals surface area contributed by atoms with Gasteiger partial charge in [-0.05, 0) is 18.6 Å². The van der Waals surface area contributed by atoms with Crippen molar-refractivity contribution in [2.45, 2.75) is 6.92 Å². The fourth-order valence-corrected chi connectivity index (χ4v) is 2.30. The summed E-state index contributed by atoms with van der Waals surface area (Å²) in [4.78, 5) is 4.15. The Kier molecular flexibility index (Phi) is 3.05. The van der Waals surface area contributed by atoms with Crippen LogP contribution in [0.1, 0.15) is 5.56 Å². The molecule has 0 bridgehead atoms.